The molecule has 1 rings (SSSR count). The number of allylic oxidation sites excluding steroid dienone is 8. The molecule has 0 aromatic carbocycles. The topological polar surface area (TPSA) is 0 Å². The van der Waals surface area contributed by atoms with E-state index in [1.165, 1.54) is 25.7 Å². The minimum atomic E-state index is 1.13. The maximum Gasteiger partial charge on any atom is -0.0187 e. The van der Waals surface area contributed by atoms with Crippen LogP contribution in [-0.2, 0) is 0 Å². The normalized spacial score (nSPS) is 28.6. The summed E-state index contributed by atoms with van der Waals surface area (Å²) in [4.78, 5) is 0. The number of rotatable bonds is 0. The molecule has 0 unspecified atom stereocenters. The van der Waals surface area contributed by atoms with Gasteiger partial charge in [-0.1, -0.05) is 42.5 Å². The van der Waals surface area contributed by atoms with Crippen molar-refractivity contribution in [2.24, 2.45) is 0 Å². The van der Waals surface area contributed by atoms with Gasteiger partial charge in [0.25, 0.3) is 0 Å². The minimum Gasteiger partial charge on any atom is -0.0885 e. The summed E-state index contributed by atoms with van der Waals surface area (Å²) in [5, 5.41) is 0. The Labute approximate surface area is 87.7 Å². The molecule has 1 aliphatic carbocycles. The molecule has 0 heterocycles. The summed E-state index contributed by atoms with van der Waals surface area (Å²) in [6.45, 7) is 0. The molecular weight excluding hydrogens is 168 g/mol. The zero-order valence-electron chi connectivity index (χ0n) is 8.78. The van der Waals surface area contributed by atoms with E-state index in [9.17, 15) is 0 Å². The van der Waals surface area contributed by atoms with Gasteiger partial charge in [0.1, 0.15) is 0 Å². The van der Waals surface area contributed by atoms with Gasteiger partial charge >= 0.3 is 0 Å². The zero-order valence-corrected chi connectivity index (χ0v) is 8.78. The standard InChI is InChI=1S/C14H19/c1-2-4-6-8-10-12-14-13-11-9-7-5-3-1/h1-3,7,9,12,14H,4,6,8,10-11,13H2/b2-1-,5-3?,9-7-,14-12+. The first-order valence-corrected chi connectivity index (χ1v) is 5.54. The molecule has 0 amide bonds. The fraction of sp³-hybridized carbons (Fsp3) is 0.429. The molecule has 0 aromatic heterocycles. The molecule has 0 nitrogen and oxygen atoms in total. The third-order valence-corrected chi connectivity index (χ3v) is 2.20. The van der Waals surface area contributed by atoms with Crippen molar-refractivity contribution in [1.29, 1.82) is 0 Å². The van der Waals surface area contributed by atoms with Crippen molar-refractivity contribution in [3.05, 3.63) is 48.6 Å². The lowest BCUT2D eigenvalue weighted by atomic mass is 10.1. The van der Waals surface area contributed by atoms with Crippen molar-refractivity contribution in [2.75, 3.05) is 0 Å². The van der Waals surface area contributed by atoms with Gasteiger partial charge < -0.3 is 0 Å². The highest BCUT2D eigenvalue weighted by molar-refractivity contribution is 5.06. The molecule has 0 bridgehead atoms. The SMILES string of the molecule is [C]1=C/C=C\CCCC/C=C/CC\C=C/1. The molecule has 0 heteroatoms. The first-order valence-electron chi connectivity index (χ1n) is 5.54. The van der Waals surface area contributed by atoms with Crippen LogP contribution in [0.15, 0.2) is 42.5 Å². The van der Waals surface area contributed by atoms with Crippen LogP contribution >= 0.6 is 0 Å². The Hall–Kier alpha value is -1.04. The lowest BCUT2D eigenvalue weighted by Crippen LogP contribution is -1.73. The molecule has 0 spiro atoms. The maximum atomic E-state index is 3.12. The highest BCUT2D eigenvalue weighted by atomic mass is 13.9. The van der Waals surface area contributed by atoms with Crippen LogP contribution in [0, 0.1) is 6.08 Å². The second-order valence-electron chi connectivity index (χ2n) is 3.50. The van der Waals surface area contributed by atoms with Gasteiger partial charge in [0.2, 0.25) is 0 Å². The molecule has 0 aromatic rings. The van der Waals surface area contributed by atoms with Crippen LogP contribution in [-0.4, -0.2) is 0 Å². The lowest BCUT2D eigenvalue weighted by Gasteiger charge is -1.93. The molecule has 14 heavy (non-hydrogen) atoms. The first-order chi connectivity index (χ1) is 7.00. The summed E-state index contributed by atoms with van der Waals surface area (Å²) in [6.07, 6.45) is 25.5. The van der Waals surface area contributed by atoms with Gasteiger partial charge in [-0.25, -0.2) is 0 Å². The van der Waals surface area contributed by atoms with Crippen LogP contribution < -0.4 is 0 Å². The van der Waals surface area contributed by atoms with Crippen LogP contribution in [0.5, 0.6) is 0 Å². The Kier molecular flexibility index (Phi) is 6.74. The van der Waals surface area contributed by atoms with Gasteiger partial charge in [-0.15, -0.1) is 0 Å². The summed E-state index contributed by atoms with van der Waals surface area (Å²) >= 11 is 0. The Bertz CT molecular complexity index is 228. The molecule has 0 saturated carbocycles. The van der Waals surface area contributed by atoms with E-state index in [4.69, 9.17) is 0 Å². The molecule has 0 fully saturated rings. The van der Waals surface area contributed by atoms with Crippen molar-refractivity contribution >= 4 is 0 Å². The van der Waals surface area contributed by atoms with Crippen LogP contribution in [0.1, 0.15) is 38.5 Å². The molecule has 0 aliphatic heterocycles. The maximum absolute atomic E-state index is 3.12. The molecule has 0 saturated heterocycles. The van der Waals surface area contributed by atoms with Crippen LogP contribution in [0.3, 0.4) is 0 Å². The quantitative estimate of drug-likeness (QED) is 0.494. The van der Waals surface area contributed by atoms with E-state index in [2.05, 4.69) is 36.5 Å². The van der Waals surface area contributed by atoms with Gasteiger partial charge in [0.15, 0.2) is 0 Å². The second kappa shape index (κ2) is 8.55. The van der Waals surface area contributed by atoms with Gasteiger partial charge in [0, 0.05) is 0 Å². The van der Waals surface area contributed by atoms with Crippen molar-refractivity contribution < 1.29 is 0 Å². The van der Waals surface area contributed by atoms with Crippen LogP contribution in [0.2, 0.25) is 0 Å². The summed E-state index contributed by atoms with van der Waals surface area (Å²) in [5.41, 5.74) is 0. The average molecular weight is 187 g/mol. The summed E-state index contributed by atoms with van der Waals surface area (Å²) < 4.78 is 0. The van der Waals surface area contributed by atoms with Crippen LogP contribution in [0.25, 0.3) is 0 Å². The Morgan fingerprint density at radius 1 is 0.714 bits per heavy atom. The molecule has 1 aliphatic rings. The fourth-order valence-electron chi connectivity index (χ4n) is 1.38. The van der Waals surface area contributed by atoms with Crippen molar-refractivity contribution in [2.45, 2.75) is 38.5 Å². The van der Waals surface area contributed by atoms with Crippen molar-refractivity contribution in [3.63, 3.8) is 0 Å². The van der Waals surface area contributed by atoms with E-state index in [-0.39, 0.29) is 0 Å². The predicted octanol–water partition coefficient (Wildman–Crippen LogP) is 4.37. The molecule has 0 N–H and O–H groups in total. The molecule has 0 atom stereocenters. The lowest BCUT2D eigenvalue weighted by molar-refractivity contribution is 0.760. The van der Waals surface area contributed by atoms with Gasteiger partial charge in [0.05, 0.1) is 0 Å². The van der Waals surface area contributed by atoms with E-state index in [1.807, 2.05) is 12.2 Å². The van der Waals surface area contributed by atoms with Crippen LogP contribution in [0.4, 0.5) is 0 Å². The fourth-order valence-corrected chi connectivity index (χ4v) is 1.38. The highest BCUT2D eigenvalue weighted by Crippen LogP contribution is 2.03. The van der Waals surface area contributed by atoms with E-state index < -0.39 is 0 Å². The third kappa shape index (κ3) is 6.47. The highest BCUT2D eigenvalue weighted by Gasteiger charge is 1.83. The summed E-state index contributed by atoms with van der Waals surface area (Å²) in [5.74, 6) is 0. The molecule has 1 radical (unpaired) electrons. The first kappa shape index (κ1) is 11.0. The Balaban J connectivity index is 2.35. The monoisotopic (exact) mass is 187 g/mol. The van der Waals surface area contributed by atoms with Gasteiger partial charge in [-0.2, -0.15) is 0 Å². The van der Waals surface area contributed by atoms with E-state index in [1.54, 1.807) is 0 Å². The molecule has 75 valence electrons. The predicted molar refractivity (Wildman–Crippen MR) is 62.9 cm³/mol. The smallest absolute Gasteiger partial charge is 0.0187 e. The minimum absolute atomic E-state index is 1.13. The van der Waals surface area contributed by atoms with E-state index in [0.29, 0.717) is 0 Å². The number of hydrogen-bond acceptors (Lipinski definition) is 0. The Morgan fingerprint density at radius 3 is 2.36 bits per heavy atom. The Morgan fingerprint density at radius 2 is 1.43 bits per heavy atom. The second-order valence-corrected chi connectivity index (χ2v) is 3.50. The van der Waals surface area contributed by atoms with Crippen molar-refractivity contribution in [3.8, 4) is 0 Å². The van der Waals surface area contributed by atoms with Crippen molar-refractivity contribution in [1.82, 2.24) is 0 Å². The third-order valence-electron chi connectivity index (χ3n) is 2.20. The van der Waals surface area contributed by atoms with E-state index >= 15 is 0 Å². The summed E-state index contributed by atoms with van der Waals surface area (Å²) in [7, 11) is 0. The van der Waals surface area contributed by atoms with E-state index in [0.717, 1.165) is 12.8 Å². The summed E-state index contributed by atoms with van der Waals surface area (Å²) in [6, 6.07) is 0. The largest absolute Gasteiger partial charge is 0.0885 e. The molecular formula is C14H19. The van der Waals surface area contributed by atoms with Gasteiger partial charge in [-0.3, -0.25) is 0 Å². The van der Waals surface area contributed by atoms with Gasteiger partial charge in [-0.05, 0) is 44.6 Å². The number of hydrogen-bond donors (Lipinski definition) is 0. The zero-order chi connectivity index (χ0) is 9.90. The average Bonchev–Trinajstić information content (AvgIpc) is 2.22.